The van der Waals surface area contributed by atoms with Crippen molar-refractivity contribution in [2.45, 2.75) is 38.6 Å². The lowest BCUT2D eigenvalue weighted by atomic mass is 9.91. The van der Waals surface area contributed by atoms with Crippen LogP contribution >= 0.6 is 0 Å². The lowest BCUT2D eigenvalue weighted by Crippen LogP contribution is -2.42. The predicted octanol–water partition coefficient (Wildman–Crippen LogP) is 2.37. The Morgan fingerprint density at radius 2 is 1.82 bits per heavy atom. The molecule has 0 radical (unpaired) electrons. The molecule has 0 fully saturated rings. The number of nitrogens with one attached hydrogen (secondary N) is 1. The van der Waals surface area contributed by atoms with E-state index in [1.54, 1.807) is 0 Å². The summed E-state index contributed by atoms with van der Waals surface area (Å²) in [5, 5.41) is 13.0. The van der Waals surface area contributed by atoms with Gasteiger partial charge in [0.1, 0.15) is 17.6 Å². The molecule has 0 aromatic heterocycles. The van der Waals surface area contributed by atoms with Crippen molar-refractivity contribution in [3.05, 3.63) is 35.6 Å². The van der Waals surface area contributed by atoms with Crippen LogP contribution in [0.2, 0.25) is 0 Å². The van der Waals surface area contributed by atoms with Crippen LogP contribution in [0.3, 0.4) is 0 Å². The smallest absolute Gasteiger partial charge is 0.145 e. The number of halogens is 2. The van der Waals surface area contributed by atoms with Crippen LogP contribution in [0.15, 0.2) is 24.3 Å². The molecule has 0 heterocycles. The first-order chi connectivity index (χ1) is 7.84. The first-order valence-corrected chi connectivity index (χ1v) is 5.70. The highest BCUT2D eigenvalue weighted by Crippen LogP contribution is 2.26. The average Bonchev–Trinajstić information content (AvgIpc) is 2.26. The Labute approximate surface area is 101 Å². The van der Waals surface area contributed by atoms with Gasteiger partial charge in [-0.25, -0.2) is 8.78 Å². The van der Waals surface area contributed by atoms with Gasteiger partial charge in [0.05, 0.1) is 0 Å². The second-order valence-electron chi connectivity index (χ2n) is 4.68. The lowest BCUT2D eigenvalue weighted by Gasteiger charge is -2.28. The standard InChI is InChI=1S/C13H19F2NO/c1-9(2)16-8-12(15)13(3,17)10-4-6-11(14)7-5-10/h4-7,9,12,16-17H,8H2,1-3H3/t12-,13-/m1/s1. The molecule has 0 bridgehead atoms. The van der Waals surface area contributed by atoms with Gasteiger partial charge in [-0.3, -0.25) is 0 Å². The molecule has 2 N–H and O–H groups in total. The zero-order valence-electron chi connectivity index (χ0n) is 10.4. The van der Waals surface area contributed by atoms with E-state index in [-0.39, 0.29) is 12.6 Å². The molecule has 1 aromatic rings. The maximum absolute atomic E-state index is 13.9. The molecule has 2 atom stereocenters. The van der Waals surface area contributed by atoms with E-state index in [4.69, 9.17) is 0 Å². The lowest BCUT2D eigenvalue weighted by molar-refractivity contribution is -0.0242. The number of aliphatic hydroxyl groups is 1. The van der Waals surface area contributed by atoms with Gasteiger partial charge >= 0.3 is 0 Å². The third-order valence-electron chi connectivity index (χ3n) is 2.74. The molecule has 1 aromatic carbocycles. The largest absolute Gasteiger partial charge is 0.382 e. The minimum atomic E-state index is -1.62. The quantitative estimate of drug-likeness (QED) is 0.832. The highest BCUT2D eigenvalue weighted by molar-refractivity contribution is 5.23. The molecular weight excluding hydrogens is 224 g/mol. The minimum Gasteiger partial charge on any atom is -0.382 e. The van der Waals surface area contributed by atoms with Crippen LogP contribution in [0.5, 0.6) is 0 Å². The summed E-state index contributed by atoms with van der Waals surface area (Å²) in [6, 6.07) is 5.38. The van der Waals surface area contributed by atoms with Gasteiger partial charge < -0.3 is 10.4 Å². The maximum atomic E-state index is 13.9. The Balaban J connectivity index is 2.75. The van der Waals surface area contributed by atoms with Crippen LogP contribution in [0.25, 0.3) is 0 Å². The summed E-state index contributed by atoms with van der Waals surface area (Å²) in [4.78, 5) is 0. The molecule has 1 rings (SSSR count). The van der Waals surface area contributed by atoms with Crippen molar-refractivity contribution >= 4 is 0 Å². The van der Waals surface area contributed by atoms with Gasteiger partial charge in [0.2, 0.25) is 0 Å². The molecule has 2 nitrogen and oxygen atoms in total. The van der Waals surface area contributed by atoms with Crippen LogP contribution in [-0.4, -0.2) is 23.9 Å². The fourth-order valence-electron chi connectivity index (χ4n) is 1.51. The summed E-state index contributed by atoms with van der Waals surface area (Å²) in [5.74, 6) is -0.403. The van der Waals surface area contributed by atoms with Crippen molar-refractivity contribution in [3.8, 4) is 0 Å². The summed E-state index contributed by atoms with van der Waals surface area (Å²) < 4.78 is 26.7. The Morgan fingerprint density at radius 1 is 1.29 bits per heavy atom. The van der Waals surface area contributed by atoms with Crippen molar-refractivity contribution in [3.63, 3.8) is 0 Å². The number of rotatable bonds is 5. The van der Waals surface area contributed by atoms with E-state index >= 15 is 0 Å². The van der Waals surface area contributed by atoms with Crippen molar-refractivity contribution in [1.29, 1.82) is 0 Å². The molecule has 0 aliphatic heterocycles. The van der Waals surface area contributed by atoms with Gasteiger partial charge in [-0.1, -0.05) is 26.0 Å². The highest BCUT2D eigenvalue weighted by atomic mass is 19.1. The van der Waals surface area contributed by atoms with Crippen molar-refractivity contribution in [1.82, 2.24) is 5.32 Å². The number of hydrogen-bond acceptors (Lipinski definition) is 2. The zero-order valence-corrected chi connectivity index (χ0v) is 10.4. The van der Waals surface area contributed by atoms with Gasteiger partial charge in [0.15, 0.2) is 0 Å². The van der Waals surface area contributed by atoms with Crippen molar-refractivity contribution in [2.24, 2.45) is 0 Å². The van der Waals surface area contributed by atoms with Crippen LogP contribution in [0.4, 0.5) is 8.78 Å². The molecule has 0 saturated carbocycles. The van der Waals surface area contributed by atoms with Crippen LogP contribution in [-0.2, 0) is 5.60 Å². The van der Waals surface area contributed by atoms with Gasteiger partial charge in [-0.15, -0.1) is 0 Å². The summed E-state index contributed by atoms with van der Waals surface area (Å²) >= 11 is 0. The van der Waals surface area contributed by atoms with E-state index < -0.39 is 17.6 Å². The average molecular weight is 243 g/mol. The van der Waals surface area contributed by atoms with Crippen LogP contribution < -0.4 is 5.32 Å². The maximum Gasteiger partial charge on any atom is 0.145 e. The predicted molar refractivity (Wildman–Crippen MR) is 64.0 cm³/mol. The van der Waals surface area contributed by atoms with E-state index in [1.807, 2.05) is 13.8 Å². The molecule has 0 aliphatic carbocycles. The normalized spacial score (nSPS) is 16.9. The van der Waals surface area contributed by atoms with Gasteiger partial charge in [-0.2, -0.15) is 0 Å². The molecule has 0 aliphatic rings. The van der Waals surface area contributed by atoms with E-state index in [1.165, 1.54) is 31.2 Å². The molecule has 96 valence electrons. The first kappa shape index (κ1) is 14.1. The van der Waals surface area contributed by atoms with Gasteiger partial charge in [0, 0.05) is 12.6 Å². The van der Waals surface area contributed by atoms with Gasteiger partial charge in [0.25, 0.3) is 0 Å². The molecule has 4 heteroatoms. The van der Waals surface area contributed by atoms with E-state index in [2.05, 4.69) is 5.32 Å². The molecule has 0 unspecified atom stereocenters. The fourth-order valence-corrected chi connectivity index (χ4v) is 1.51. The second kappa shape index (κ2) is 5.56. The van der Waals surface area contributed by atoms with Crippen molar-refractivity contribution in [2.75, 3.05) is 6.54 Å². The molecule has 0 amide bonds. The Morgan fingerprint density at radius 3 is 2.29 bits per heavy atom. The number of alkyl halides is 1. The number of benzene rings is 1. The van der Waals surface area contributed by atoms with Gasteiger partial charge in [-0.05, 0) is 24.6 Å². The Hall–Kier alpha value is -1.00. The Bertz CT molecular complexity index is 349. The monoisotopic (exact) mass is 243 g/mol. The van der Waals surface area contributed by atoms with Crippen LogP contribution in [0, 0.1) is 5.82 Å². The van der Waals surface area contributed by atoms with Crippen LogP contribution in [0.1, 0.15) is 26.3 Å². The highest BCUT2D eigenvalue weighted by Gasteiger charge is 2.33. The third-order valence-corrected chi connectivity index (χ3v) is 2.74. The fraction of sp³-hybridized carbons (Fsp3) is 0.538. The minimum absolute atomic E-state index is 0.0576. The second-order valence-corrected chi connectivity index (χ2v) is 4.68. The zero-order chi connectivity index (χ0) is 13.1. The first-order valence-electron chi connectivity index (χ1n) is 5.70. The topological polar surface area (TPSA) is 32.3 Å². The molecule has 17 heavy (non-hydrogen) atoms. The SMILES string of the molecule is CC(C)NC[C@@H](F)[C@](C)(O)c1ccc(F)cc1. The number of hydrogen-bond donors (Lipinski definition) is 2. The summed E-state index contributed by atoms with van der Waals surface area (Å²) in [5.41, 5.74) is -1.24. The molecular formula is C13H19F2NO. The summed E-state index contributed by atoms with van der Waals surface area (Å²) in [7, 11) is 0. The Kier molecular flexibility index (Phi) is 4.60. The van der Waals surface area contributed by atoms with E-state index in [0.717, 1.165) is 0 Å². The van der Waals surface area contributed by atoms with E-state index in [0.29, 0.717) is 5.56 Å². The van der Waals surface area contributed by atoms with Crippen molar-refractivity contribution < 1.29 is 13.9 Å². The molecule has 0 saturated heterocycles. The molecule has 0 spiro atoms. The summed E-state index contributed by atoms with van der Waals surface area (Å²) in [6.07, 6.45) is -1.45. The summed E-state index contributed by atoms with van der Waals surface area (Å²) in [6.45, 7) is 5.26. The van der Waals surface area contributed by atoms with E-state index in [9.17, 15) is 13.9 Å². The third kappa shape index (κ3) is 3.75.